The van der Waals surface area contributed by atoms with Gasteiger partial charge in [0.2, 0.25) is 5.91 Å². The van der Waals surface area contributed by atoms with Gasteiger partial charge >= 0.3 is 0 Å². The number of aryl methyl sites for hydroxylation is 1. The molecular weight excluding hydrogens is 342 g/mol. The summed E-state index contributed by atoms with van der Waals surface area (Å²) < 4.78 is 0. The standard InChI is InChI=1S/C22H25NO4/c1-15-2-4-18(5-3-15)22(8-6-20(26)7-9-22)21(27)23-19-11-16(13-24)10-17(12-19)14-25/h2-5,10-12,24-25H,6-9,13-14H2,1H3,(H,23,27). The minimum Gasteiger partial charge on any atom is -0.392 e. The lowest BCUT2D eigenvalue weighted by Gasteiger charge is -2.36. The maximum atomic E-state index is 13.3. The van der Waals surface area contributed by atoms with Gasteiger partial charge in [-0.05, 0) is 48.6 Å². The minimum absolute atomic E-state index is 0.155. The second kappa shape index (κ2) is 8.03. The zero-order chi connectivity index (χ0) is 19.4. The molecule has 0 heterocycles. The smallest absolute Gasteiger partial charge is 0.235 e. The zero-order valence-corrected chi connectivity index (χ0v) is 15.5. The van der Waals surface area contributed by atoms with Crippen LogP contribution in [0.15, 0.2) is 42.5 Å². The Morgan fingerprint density at radius 1 is 1.00 bits per heavy atom. The molecule has 3 N–H and O–H groups in total. The molecule has 1 aliphatic carbocycles. The molecule has 5 nitrogen and oxygen atoms in total. The molecule has 0 aliphatic heterocycles. The van der Waals surface area contributed by atoms with Crippen LogP contribution in [-0.4, -0.2) is 21.9 Å². The Morgan fingerprint density at radius 2 is 1.56 bits per heavy atom. The number of hydrogen-bond acceptors (Lipinski definition) is 4. The molecule has 0 saturated heterocycles. The molecule has 27 heavy (non-hydrogen) atoms. The van der Waals surface area contributed by atoms with Crippen LogP contribution >= 0.6 is 0 Å². The lowest BCUT2D eigenvalue weighted by Crippen LogP contribution is -2.43. The number of amides is 1. The predicted octanol–water partition coefficient (Wildman–Crippen LogP) is 3.00. The Balaban J connectivity index is 1.94. The van der Waals surface area contributed by atoms with E-state index in [1.165, 1.54) is 0 Å². The van der Waals surface area contributed by atoms with Crippen molar-refractivity contribution < 1.29 is 19.8 Å². The van der Waals surface area contributed by atoms with Crippen molar-refractivity contribution in [3.8, 4) is 0 Å². The molecule has 0 aromatic heterocycles. The van der Waals surface area contributed by atoms with Crippen molar-refractivity contribution in [2.45, 2.75) is 51.2 Å². The molecule has 1 fully saturated rings. The summed E-state index contributed by atoms with van der Waals surface area (Å²) >= 11 is 0. The first-order chi connectivity index (χ1) is 13.0. The maximum absolute atomic E-state index is 13.3. The highest BCUT2D eigenvalue weighted by Crippen LogP contribution is 2.39. The minimum atomic E-state index is -0.754. The van der Waals surface area contributed by atoms with E-state index >= 15 is 0 Å². The van der Waals surface area contributed by atoms with E-state index in [9.17, 15) is 19.8 Å². The molecule has 2 aromatic carbocycles. The van der Waals surface area contributed by atoms with E-state index < -0.39 is 5.41 Å². The number of aliphatic hydroxyl groups is 2. The van der Waals surface area contributed by atoms with Gasteiger partial charge in [0.25, 0.3) is 0 Å². The van der Waals surface area contributed by atoms with Gasteiger partial charge in [-0.15, -0.1) is 0 Å². The number of benzene rings is 2. The lowest BCUT2D eigenvalue weighted by atomic mass is 9.68. The molecule has 0 unspecified atom stereocenters. The summed E-state index contributed by atoms with van der Waals surface area (Å²) in [7, 11) is 0. The first-order valence-electron chi connectivity index (χ1n) is 9.22. The van der Waals surface area contributed by atoms with Gasteiger partial charge in [0.1, 0.15) is 5.78 Å². The van der Waals surface area contributed by atoms with Crippen LogP contribution in [0.2, 0.25) is 0 Å². The Hall–Kier alpha value is -2.50. The normalized spacial score (nSPS) is 16.2. The van der Waals surface area contributed by atoms with E-state index in [1.807, 2.05) is 31.2 Å². The van der Waals surface area contributed by atoms with Crippen molar-refractivity contribution >= 4 is 17.4 Å². The number of nitrogens with one attached hydrogen (secondary N) is 1. The first kappa shape index (κ1) is 19.3. The van der Waals surface area contributed by atoms with Gasteiger partial charge in [-0.1, -0.05) is 35.9 Å². The number of hydrogen-bond donors (Lipinski definition) is 3. The summed E-state index contributed by atoms with van der Waals surface area (Å²) in [5.41, 5.74) is 3.07. The van der Waals surface area contributed by atoms with Crippen molar-refractivity contribution in [2.75, 3.05) is 5.32 Å². The summed E-state index contributed by atoms with van der Waals surface area (Å²) in [5, 5.41) is 21.8. The van der Waals surface area contributed by atoms with Gasteiger partial charge in [-0.25, -0.2) is 0 Å². The Kier molecular flexibility index (Phi) is 5.73. The zero-order valence-electron chi connectivity index (χ0n) is 15.5. The van der Waals surface area contributed by atoms with Crippen molar-refractivity contribution in [2.24, 2.45) is 0 Å². The van der Waals surface area contributed by atoms with E-state index in [1.54, 1.807) is 18.2 Å². The van der Waals surface area contributed by atoms with Crippen molar-refractivity contribution in [1.82, 2.24) is 0 Å². The van der Waals surface area contributed by atoms with Gasteiger partial charge in [0, 0.05) is 18.5 Å². The summed E-state index contributed by atoms with van der Waals surface area (Å²) in [4.78, 5) is 25.1. The van der Waals surface area contributed by atoms with Crippen LogP contribution in [0, 0.1) is 6.92 Å². The molecule has 5 heteroatoms. The summed E-state index contributed by atoms with van der Waals surface area (Å²) in [6.45, 7) is 1.65. The average molecular weight is 367 g/mol. The fraction of sp³-hybridized carbons (Fsp3) is 0.364. The lowest BCUT2D eigenvalue weighted by molar-refractivity contribution is -0.127. The quantitative estimate of drug-likeness (QED) is 0.758. The van der Waals surface area contributed by atoms with Crippen molar-refractivity contribution in [1.29, 1.82) is 0 Å². The number of aliphatic hydroxyl groups excluding tert-OH is 2. The number of anilines is 1. The number of carbonyl (C=O) groups excluding carboxylic acids is 2. The van der Waals surface area contributed by atoms with E-state index in [2.05, 4.69) is 5.32 Å². The third kappa shape index (κ3) is 4.10. The van der Waals surface area contributed by atoms with Crippen LogP contribution in [0.4, 0.5) is 5.69 Å². The van der Waals surface area contributed by atoms with E-state index in [4.69, 9.17) is 0 Å². The van der Waals surface area contributed by atoms with Crippen LogP contribution in [0.25, 0.3) is 0 Å². The molecule has 0 bridgehead atoms. The molecule has 0 spiro atoms. The number of rotatable bonds is 5. The number of Topliss-reactive ketones (excluding diaryl/α,β-unsaturated/α-hetero) is 1. The molecule has 0 radical (unpaired) electrons. The van der Waals surface area contributed by atoms with Crippen LogP contribution < -0.4 is 5.32 Å². The third-order valence-electron chi connectivity index (χ3n) is 5.38. The van der Waals surface area contributed by atoms with Gasteiger partial charge in [0.15, 0.2) is 0 Å². The number of carbonyl (C=O) groups is 2. The summed E-state index contributed by atoms with van der Waals surface area (Å²) in [5.74, 6) is 0.0354. The molecule has 3 rings (SSSR count). The molecule has 2 aromatic rings. The Morgan fingerprint density at radius 3 is 2.07 bits per heavy atom. The molecule has 1 saturated carbocycles. The van der Waals surface area contributed by atoms with Crippen LogP contribution in [0.5, 0.6) is 0 Å². The highest BCUT2D eigenvalue weighted by molar-refractivity contribution is 6.00. The topological polar surface area (TPSA) is 86.6 Å². The second-order valence-corrected chi connectivity index (χ2v) is 7.30. The van der Waals surface area contributed by atoms with E-state index in [-0.39, 0.29) is 24.9 Å². The largest absolute Gasteiger partial charge is 0.392 e. The molecular formula is C22H25NO4. The van der Waals surface area contributed by atoms with Gasteiger partial charge < -0.3 is 15.5 Å². The van der Waals surface area contributed by atoms with E-state index in [0.29, 0.717) is 42.5 Å². The molecule has 1 amide bonds. The average Bonchev–Trinajstić information content (AvgIpc) is 2.69. The predicted molar refractivity (Wildman–Crippen MR) is 103 cm³/mol. The van der Waals surface area contributed by atoms with E-state index in [0.717, 1.165) is 11.1 Å². The summed E-state index contributed by atoms with van der Waals surface area (Å²) in [6.07, 6.45) is 1.74. The first-order valence-corrected chi connectivity index (χ1v) is 9.22. The van der Waals surface area contributed by atoms with Crippen molar-refractivity contribution in [3.63, 3.8) is 0 Å². The third-order valence-corrected chi connectivity index (χ3v) is 5.38. The second-order valence-electron chi connectivity index (χ2n) is 7.30. The highest BCUT2D eigenvalue weighted by Gasteiger charge is 2.43. The number of ketones is 1. The van der Waals surface area contributed by atoms with Crippen LogP contribution in [0.3, 0.4) is 0 Å². The van der Waals surface area contributed by atoms with Crippen LogP contribution in [-0.2, 0) is 28.2 Å². The summed E-state index contributed by atoms with van der Waals surface area (Å²) in [6, 6.07) is 13.0. The Labute approximate surface area is 159 Å². The van der Waals surface area contributed by atoms with Gasteiger partial charge in [-0.2, -0.15) is 0 Å². The molecule has 1 aliphatic rings. The Bertz CT molecular complexity index is 810. The fourth-order valence-electron chi connectivity index (χ4n) is 3.74. The fourth-order valence-corrected chi connectivity index (χ4v) is 3.74. The highest BCUT2D eigenvalue weighted by atomic mass is 16.3. The van der Waals surface area contributed by atoms with Gasteiger partial charge in [-0.3, -0.25) is 9.59 Å². The SMILES string of the molecule is Cc1ccc(C2(C(=O)Nc3cc(CO)cc(CO)c3)CCC(=O)CC2)cc1. The molecule has 0 atom stereocenters. The molecule has 142 valence electrons. The van der Waals surface area contributed by atoms with Gasteiger partial charge in [0.05, 0.1) is 18.6 Å². The maximum Gasteiger partial charge on any atom is 0.235 e. The van der Waals surface area contributed by atoms with Crippen molar-refractivity contribution in [3.05, 3.63) is 64.7 Å². The van der Waals surface area contributed by atoms with Crippen LogP contribution in [0.1, 0.15) is 47.9 Å². The monoisotopic (exact) mass is 367 g/mol.